The highest BCUT2D eigenvalue weighted by Gasteiger charge is 2.28. The maximum atomic E-state index is 6.36. The second-order valence-corrected chi connectivity index (χ2v) is 6.92. The van der Waals surface area contributed by atoms with Crippen molar-refractivity contribution in [2.45, 2.75) is 31.7 Å². The Morgan fingerprint density at radius 1 is 0.850 bits per heavy atom. The van der Waals surface area contributed by atoms with Crippen molar-refractivity contribution >= 4 is 40.5 Å². The van der Waals surface area contributed by atoms with E-state index >= 15 is 0 Å². The summed E-state index contributed by atoms with van der Waals surface area (Å²) in [5, 5.41) is 1.80. The van der Waals surface area contributed by atoms with Gasteiger partial charge >= 0.3 is 0 Å². The summed E-state index contributed by atoms with van der Waals surface area (Å²) in [4.78, 5) is 5.01. The van der Waals surface area contributed by atoms with Crippen molar-refractivity contribution in [2.24, 2.45) is 0 Å². The number of halogens is 3. The Labute approximate surface area is 135 Å². The van der Waals surface area contributed by atoms with Crippen molar-refractivity contribution in [3.8, 4) is 0 Å². The highest BCUT2D eigenvalue weighted by atomic mass is 35.5. The molecule has 20 heavy (non-hydrogen) atoms. The molecule has 1 aromatic carbocycles. The molecule has 0 bridgehead atoms. The van der Waals surface area contributed by atoms with Crippen LogP contribution in [-0.4, -0.2) is 37.1 Å². The summed E-state index contributed by atoms with van der Waals surface area (Å²) in [5.41, 5.74) is 1.02. The van der Waals surface area contributed by atoms with Gasteiger partial charge in [0.1, 0.15) is 0 Å². The van der Waals surface area contributed by atoms with Crippen LogP contribution in [0.3, 0.4) is 0 Å². The van der Waals surface area contributed by atoms with Gasteiger partial charge in [-0.05, 0) is 37.9 Å². The Kier molecular flexibility index (Phi) is 4.66. The first-order valence-corrected chi connectivity index (χ1v) is 8.42. The fraction of sp³-hybridized carbons (Fsp3) is 0.600. The molecule has 0 radical (unpaired) electrons. The number of hydrogen-bond donors (Lipinski definition) is 0. The third-order valence-electron chi connectivity index (χ3n) is 4.38. The van der Waals surface area contributed by atoms with Gasteiger partial charge in [0.15, 0.2) is 0 Å². The smallest absolute Gasteiger partial charge is 0.0655 e. The molecule has 5 heteroatoms. The Bertz CT molecular complexity index is 492. The van der Waals surface area contributed by atoms with E-state index in [4.69, 9.17) is 34.8 Å². The summed E-state index contributed by atoms with van der Waals surface area (Å²) >= 11 is 18.5. The van der Waals surface area contributed by atoms with Gasteiger partial charge in [-0.25, -0.2) is 0 Å². The molecule has 110 valence electrons. The van der Waals surface area contributed by atoms with E-state index in [1.54, 1.807) is 6.07 Å². The zero-order valence-electron chi connectivity index (χ0n) is 11.4. The summed E-state index contributed by atoms with van der Waals surface area (Å²) in [5.74, 6) is 0. The lowest BCUT2D eigenvalue weighted by atomic mass is 10.0. The van der Waals surface area contributed by atoms with Crippen LogP contribution in [-0.2, 0) is 0 Å². The average molecular weight is 334 g/mol. The fourth-order valence-corrected chi connectivity index (χ4v) is 4.01. The van der Waals surface area contributed by atoms with Gasteiger partial charge in [-0.1, -0.05) is 41.2 Å². The van der Waals surface area contributed by atoms with Crippen molar-refractivity contribution in [3.63, 3.8) is 0 Å². The minimum atomic E-state index is 0.523. The predicted octanol–water partition coefficient (Wildman–Crippen LogP) is 4.71. The number of benzene rings is 1. The van der Waals surface area contributed by atoms with Crippen LogP contribution in [0.5, 0.6) is 0 Å². The normalized spacial score (nSPS) is 24.4. The molecule has 1 atom stereocenters. The van der Waals surface area contributed by atoms with Crippen LogP contribution < -0.4 is 4.90 Å². The van der Waals surface area contributed by atoms with Gasteiger partial charge in [0.25, 0.3) is 0 Å². The molecule has 0 spiro atoms. The topological polar surface area (TPSA) is 6.48 Å². The standard InChI is InChI=1S/C15H19Cl3N2/c16-12-8-14(18)15(9-13(12)17)20-7-3-6-19-5-2-1-4-11(19)10-20/h8-9,11H,1-7,10H2. The van der Waals surface area contributed by atoms with Crippen LogP contribution in [0.1, 0.15) is 25.7 Å². The van der Waals surface area contributed by atoms with E-state index in [1.165, 1.54) is 38.8 Å². The van der Waals surface area contributed by atoms with E-state index in [0.29, 0.717) is 21.1 Å². The minimum absolute atomic E-state index is 0.523. The van der Waals surface area contributed by atoms with Crippen LogP contribution in [0.25, 0.3) is 0 Å². The molecule has 2 fully saturated rings. The number of fused-ring (bicyclic) bond motifs is 1. The van der Waals surface area contributed by atoms with Crippen LogP contribution in [0.4, 0.5) is 5.69 Å². The summed E-state index contributed by atoms with van der Waals surface area (Å²) in [6.07, 6.45) is 5.14. The lowest BCUT2D eigenvalue weighted by Gasteiger charge is -2.36. The zero-order chi connectivity index (χ0) is 14.1. The van der Waals surface area contributed by atoms with Crippen molar-refractivity contribution < 1.29 is 0 Å². The van der Waals surface area contributed by atoms with E-state index in [-0.39, 0.29) is 0 Å². The average Bonchev–Trinajstić information content (AvgIpc) is 2.65. The van der Waals surface area contributed by atoms with Crippen molar-refractivity contribution in [3.05, 3.63) is 27.2 Å². The molecule has 2 nitrogen and oxygen atoms in total. The lowest BCUT2D eigenvalue weighted by molar-refractivity contribution is 0.162. The number of nitrogens with zero attached hydrogens (tertiary/aromatic N) is 2. The first-order chi connectivity index (χ1) is 9.65. The maximum Gasteiger partial charge on any atom is 0.0655 e. The van der Waals surface area contributed by atoms with E-state index in [0.717, 1.165) is 18.8 Å². The van der Waals surface area contributed by atoms with Gasteiger partial charge in [0.05, 0.1) is 20.8 Å². The zero-order valence-corrected chi connectivity index (χ0v) is 13.7. The maximum absolute atomic E-state index is 6.36. The molecule has 2 heterocycles. The van der Waals surface area contributed by atoms with E-state index < -0.39 is 0 Å². The monoisotopic (exact) mass is 332 g/mol. The molecule has 2 saturated heterocycles. The third-order valence-corrected chi connectivity index (χ3v) is 5.41. The predicted molar refractivity (Wildman–Crippen MR) is 87.5 cm³/mol. The van der Waals surface area contributed by atoms with Gasteiger partial charge in [-0.15, -0.1) is 0 Å². The molecule has 2 aliphatic heterocycles. The quantitative estimate of drug-likeness (QED) is 0.687. The molecule has 0 N–H and O–H groups in total. The Balaban J connectivity index is 1.84. The van der Waals surface area contributed by atoms with Crippen molar-refractivity contribution in [2.75, 3.05) is 31.1 Å². The molecule has 3 rings (SSSR count). The second kappa shape index (κ2) is 6.31. The summed E-state index contributed by atoms with van der Waals surface area (Å²) in [6.45, 7) is 4.51. The molecule has 0 aliphatic carbocycles. The molecule has 0 aromatic heterocycles. The second-order valence-electron chi connectivity index (χ2n) is 5.70. The van der Waals surface area contributed by atoms with Crippen LogP contribution >= 0.6 is 34.8 Å². The SMILES string of the molecule is Clc1cc(Cl)c(N2CCCN3CCCCC3C2)cc1Cl. The summed E-state index contributed by atoms with van der Waals surface area (Å²) < 4.78 is 0. The van der Waals surface area contributed by atoms with E-state index in [2.05, 4.69) is 9.80 Å². The Morgan fingerprint density at radius 3 is 2.45 bits per heavy atom. The highest BCUT2D eigenvalue weighted by Crippen LogP contribution is 2.36. The van der Waals surface area contributed by atoms with E-state index in [9.17, 15) is 0 Å². The van der Waals surface area contributed by atoms with Crippen LogP contribution in [0.15, 0.2) is 12.1 Å². The fourth-order valence-electron chi connectivity index (χ4n) is 3.34. The Morgan fingerprint density at radius 2 is 1.60 bits per heavy atom. The molecular formula is C15H19Cl3N2. The molecular weight excluding hydrogens is 315 g/mol. The molecule has 0 saturated carbocycles. The number of piperidine rings is 1. The van der Waals surface area contributed by atoms with E-state index in [1.807, 2.05) is 6.07 Å². The van der Waals surface area contributed by atoms with Gasteiger partial charge < -0.3 is 4.90 Å². The number of anilines is 1. The third kappa shape index (κ3) is 3.04. The van der Waals surface area contributed by atoms with Gasteiger partial charge in [0, 0.05) is 25.7 Å². The van der Waals surface area contributed by atoms with Crippen molar-refractivity contribution in [1.82, 2.24) is 4.90 Å². The van der Waals surface area contributed by atoms with Gasteiger partial charge in [-0.3, -0.25) is 4.90 Å². The molecule has 1 unspecified atom stereocenters. The van der Waals surface area contributed by atoms with Gasteiger partial charge in [-0.2, -0.15) is 0 Å². The summed E-state index contributed by atoms with van der Waals surface area (Å²) in [6, 6.07) is 4.31. The number of hydrogen-bond acceptors (Lipinski definition) is 2. The van der Waals surface area contributed by atoms with Crippen LogP contribution in [0.2, 0.25) is 15.1 Å². The van der Waals surface area contributed by atoms with Gasteiger partial charge in [0.2, 0.25) is 0 Å². The van der Waals surface area contributed by atoms with Crippen LogP contribution in [0, 0.1) is 0 Å². The number of rotatable bonds is 1. The van der Waals surface area contributed by atoms with Crippen molar-refractivity contribution in [1.29, 1.82) is 0 Å². The molecule has 1 aromatic rings. The Hall–Kier alpha value is -0.150. The minimum Gasteiger partial charge on any atom is -0.369 e. The lowest BCUT2D eigenvalue weighted by Crippen LogP contribution is -2.44. The highest BCUT2D eigenvalue weighted by molar-refractivity contribution is 6.44. The molecule has 0 amide bonds. The largest absolute Gasteiger partial charge is 0.369 e. The molecule has 2 aliphatic rings. The first-order valence-electron chi connectivity index (χ1n) is 7.28. The summed E-state index contributed by atoms with van der Waals surface area (Å²) in [7, 11) is 0. The first kappa shape index (κ1) is 14.8.